The van der Waals surface area contributed by atoms with Gasteiger partial charge in [-0.05, 0) is 19.9 Å². The number of nitrogens with zero attached hydrogens (tertiary/aromatic N) is 3. The molecule has 2 rings (SSSR count). The number of likely N-dealkylation sites (N-methyl/N-ethyl adjacent to an activating group) is 1. The van der Waals surface area contributed by atoms with Gasteiger partial charge in [-0.15, -0.1) is 0 Å². The van der Waals surface area contributed by atoms with Gasteiger partial charge in [-0.1, -0.05) is 13.8 Å². The van der Waals surface area contributed by atoms with Crippen LogP contribution in [0.3, 0.4) is 0 Å². The average molecular weight is 250 g/mol. The summed E-state index contributed by atoms with van der Waals surface area (Å²) in [5.74, 6) is 0.727. The number of hydrogen-bond donors (Lipinski definition) is 1. The average Bonchev–Trinajstić information content (AvgIpc) is 2.38. The van der Waals surface area contributed by atoms with E-state index in [1.165, 1.54) is 0 Å². The highest BCUT2D eigenvalue weighted by Gasteiger charge is 2.18. The Bertz CT molecular complexity index is 461. The SMILES string of the molecule is CCc1c(C)nc(N2CCN(CC)CC2)[nH]c1=O. The van der Waals surface area contributed by atoms with Crippen LogP contribution < -0.4 is 10.5 Å². The zero-order chi connectivity index (χ0) is 13.1. The molecule has 1 N–H and O–H groups in total. The molecule has 0 radical (unpaired) electrons. The molecule has 0 atom stereocenters. The van der Waals surface area contributed by atoms with Crippen LogP contribution in [0.4, 0.5) is 5.95 Å². The highest BCUT2D eigenvalue weighted by molar-refractivity contribution is 5.33. The minimum Gasteiger partial charge on any atom is -0.340 e. The fourth-order valence-electron chi connectivity index (χ4n) is 2.44. The zero-order valence-corrected chi connectivity index (χ0v) is 11.5. The van der Waals surface area contributed by atoms with Gasteiger partial charge in [-0.2, -0.15) is 0 Å². The van der Waals surface area contributed by atoms with Crippen LogP contribution in [0.2, 0.25) is 0 Å². The molecule has 1 fully saturated rings. The topological polar surface area (TPSA) is 52.2 Å². The van der Waals surface area contributed by atoms with Crippen molar-refractivity contribution in [3.8, 4) is 0 Å². The first kappa shape index (κ1) is 13.1. The van der Waals surface area contributed by atoms with Crippen LogP contribution in [0.1, 0.15) is 25.1 Å². The van der Waals surface area contributed by atoms with Gasteiger partial charge in [-0.25, -0.2) is 4.98 Å². The lowest BCUT2D eigenvalue weighted by molar-refractivity contribution is 0.269. The van der Waals surface area contributed by atoms with Crippen LogP contribution in [0.15, 0.2) is 4.79 Å². The molecule has 1 saturated heterocycles. The third-order valence-electron chi connectivity index (χ3n) is 3.68. The molecule has 1 aromatic rings. The van der Waals surface area contributed by atoms with Gasteiger partial charge in [-0.3, -0.25) is 9.78 Å². The Morgan fingerprint density at radius 2 is 1.89 bits per heavy atom. The highest BCUT2D eigenvalue weighted by Crippen LogP contribution is 2.11. The number of aromatic nitrogens is 2. The number of nitrogens with one attached hydrogen (secondary N) is 1. The molecule has 5 heteroatoms. The summed E-state index contributed by atoms with van der Waals surface area (Å²) in [6.45, 7) is 11.1. The van der Waals surface area contributed by atoms with Crippen LogP contribution in [0.5, 0.6) is 0 Å². The summed E-state index contributed by atoms with van der Waals surface area (Å²) < 4.78 is 0. The lowest BCUT2D eigenvalue weighted by Crippen LogP contribution is -2.47. The van der Waals surface area contributed by atoms with E-state index >= 15 is 0 Å². The van der Waals surface area contributed by atoms with Crippen molar-refractivity contribution >= 4 is 5.95 Å². The quantitative estimate of drug-likeness (QED) is 0.861. The van der Waals surface area contributed by atoms with Gasteiger partial charge >= 0.3 is 0 Å². The third-order valence-corrected chi connectivity index (χ3v) is 3.68. The molecule has 5 nitrogen and oxygen atoms in total. The summed E-state index contributed by atoms with van der Waals surface area (Å²) in [6, 6.07) is 0. The number of anilines is 1. The molecule has 0 saturated carbocycles. The van der Waals surface area contributed by atoms with E-state index in [4.69, 9.17) is 0 Å². The van der Waals surface area contributed by atoms with Crippen molar-refractivity contribution in [1.29, 1.82) is 0 Å². The fraction of sp³-hybridized carbons (Fsp3) is 0.692. The van der Waals surface area contributed by atoms with E-state index in [9.17, 15) is 4.79 Å². The highest BCUT2D eigenvalue weighted by atomic mass is 16.1. The van der Waals surface area contributed by atoms with E-state index in [1.807, 2.05) is 13.8 Å². The van der Waals surface area contributed by atoms with E-state index in [0.29, 0.717) is 0 Å². The number of aryl methyl sites for hydroxylation is 1. The molecule has 0 spiro atoms. The minimum absolute atomic E-state index is 0.0120. The zero-order valence-electron chi connectivity index (χ0n) is 11.5. The van der Waals surface area contributed by atoms with Gasteiger partial charge in [0.25, 0.3) is 5.56 Å². The Morgan fingerprint density at radius 3 is 2.39 bits per heavy atom. The first-order valence-electron chi connectivity index (χ1n) is 6.72. The van der Waals surface area contributed by atoms with Crippen molar-refractivity contribution < 1.29 is 0 Å². The van der Waals surface area contributed by atoms with Crippen LogP contribution in [-0.2, 0) is 6.42 Å². The molecule has 18 heavy (non-hydrogen) atoms. The number of rotatable bonds is 3. The fourth-order valence-corrected chi connectivity index (χ4v) is 2.44. The van der Waals surface area contributed by atoms with Gasteiger partial charge in [0, 0.05) is 37.4 Å². The Kier molecular flexibility index (Phi) is 4.01. The molecule has 2 heterocycles. The van der Waals surface area contributed by atoms with Gasteiger partial charge in [0.1, 0.15) is 0 Å². The monoisotopic (exact) mass is 250 g/mol. The Balaban J connectivity index is 2.18. The standard InChI is InChI=1S/C13H22N4O/c1-4-11-10(3)14-13(15-12(11)18)17-8-6-16(5-2)7-9-17/h4-9H2,1-3H3,(H,14,15,18). The molecule has 0 aromatic carbocycles. The summed E-state index contributed by atoms with van der Waals surface area (Å²) in [5, 5.41) is 0. The first-order valence-corrected chi connectivity index (χ1v) is 6.72. The maximum absolute atomic E-state index is 11.9. The van der Waals surface area contributed by atoms with Gasteiger partial charge in [0.2, 0.25) is 5.95 Å². The molecule has 0 amide bonds. The van der Waals surface area contributed by atoms with Gasteiger partial charge in [0.05, 0.1) is 0 Å². The maximum atomic E-state index is 11.9. The van der Waals surface area contributed by atoms with Crippen molar-refractivity contribution in [1.82, 2.24) is 14.9 Å². The Hall–Kier alpha value is -1.36. The van der Waals surface area contributed by atoms with Crippen LogP contribution in [-0.4, -0.2) is 47.6 Å². The normalized spacial score (nSPS) is 17.2. The van der Waals surface area contributed by atoms with Gasteiger partial charge < -0.3 is 9.80 Å². The molecule has 1 aromatic heterocycles. The number of hydrogen-bond acceptors (Lipinski definition) is 4. The Labute approximate surface area is 108 Å². The summed E-state index contributed by atoms with van der Waals surface area (Å²) >= 11 is 0. The molecule has 100 valence electrons. The van der Waals surface area contributed by atoms with E-state index in [2.05, 4.69) is 26.7 Å². The summed E-state index contributed by atoms with van der Waals surface area (Å²) in [6.07, 6.45) is 0.734. The molecule has 0 aliphatic carbocycles. The second kappa shape index (κ2) is 5.52. The maximum Gasteiger partial charge on any atom is 0.255 e. The molecule has 1 aliphatic heterocycles. The third kappa shape index (κ3) is 2.56. The molecule has 0 bridgehead atoms. The summed E-state index contributed by atoms with van der Waals surface area (Å²) in [4.78, 5) is 23.9. The van der Waals surface area contributed by atoms with Crippen molar-refractivity contribution in [2.45, 2.75) is 27.2 Å². The predicted molar refractivity (Wildman–Crippen MR) is 73.3 cm³/mol. The lowest BCUT2D eigenvalue weighted by Gasteiger charge is -2.34. The van der Waals surface area contributed by atoms with E-state index in [1.54, 1.807) is 0 Å². The molecule has 1 aliphatic rings. The predicted octanol–water partition coefficient (Wildman–Crippen LogP) is 0.783. The van der Waals surface area contributed by atoms with E-state index < -0.39 is 0 Å². The Morgan fingerprint density at radius 1 is 1.22 bits per heavy atom. The van der Waals surface area contributed by atoms with Crippen LogP contribution >= 0.6 is 0 Å². The van der Waals surface area contributed by atoms with E-state index in [-0.39, 0.29) is 5.56 Å². The number of aromatic amines is 1. The lowest BCUT2D eigenvalue weighted by atomic mass is 10.2. The molecular weight excluding hydrogens is 228 g/mol. The van der Waals surface area contributed by atoms with Crippen molar-refractivity contribution in [3.05, 3.63) is 21.6 Å². The second-order valence-corrected chi connectivity index (χ2v) is 4.73. The second-order valence-electron chi connectivity index (χ2n) is 4.73. The minimum atomic E-state index is 0.0120. The summed E-state index contributed by atoms with van der Waals surface area (Å²) in [5.41, 5.74) is 1.66. The smallest absolute Gasteiger partial charge is 0.255 e. The van der Waals surface area contributed by atoms with Crippen molar-refractivity contribution in [3.63, 3.8) is 0 Å². The first-order chi connectivity index (χ1) is 8.65. The molecule has 0 unspecified atom stereocenters. The van der Waals surface area contributed by atoms with Gasteiger partial charge in [0.15, 0.2) is 0 Å². The molecular formula is C13H22N4O. The van der Waals surface area contributed by atoms with E-state index in [0.717, 1.165) is 56.4 Å². The van der Waals surface area contributed by atoms with Crippen molar-refractivity contribution in [2.24, 2.45) is 0 Å². The summed E-state index contributed by atoms with van der Waals surface area (Å²) in [7, 11) is 0. The number of H-pyrrole nitrogens is 1. The van der Waals surface area contributed by atoms with Crippen LogP contribution in [0, 0.1) is 6.92 Å². The van der Waals surface area contributed by atoms with Crippen molar-refractivity contribution in [2.75, 3.05) is 37.6 Å². The largest absolute Gasteiger partial charge is 0.340 e. The number of piperazine rings is 1. The van der Waals surface area contributed by atoms with Crippen LogP contribution in [0.25, 0.3) is 0 Å².